The third-order valence-electron chi connectivity index (χ3n) is 6.65. The van der Waals surface area contributed by atoms with Crippen molar-refractivity contribution < 1.29 is 9.53 Å². The van der Waals surface area contributed by atoms with Crippen LogP contribution >= 0.6 is 0 Å². The molecule has 2 aliphatic heterocycles. The van der Waals surface area contributed by atoms with Crippen molar-refractivity contribution in [3.63, 3.8) is 0 Å². The minimum absolute atomic E-state index is 0.0819. The molecule has 0 bridgehead atoms. The van der Waals surface area contributed by atoms with Crippen molar-refractivity contribution in [3.8, 4) is 0 Å². The number of hydrogen-bond acceptors (Lipinski definition) is 4. The number of carbonyl (C=O) groups excluding carboxylic acids is 1. The number of ether oxygens (including phenoxy) is 1. The maximum absolute atomic E-state index is 13.8. The van der Waals surface area contributed by atoms with Crippen molar-refractivity contribution in [3.05, 3.63) is 78.1 Å². The average molecular weight is 445 g/mol. The molecule has 1 saturated heterocycles. The number of imidazole rings is 1. The predicted molar refractivity (Wildman–Crippen MR) is 130 cm³/mol. The van der Waals surface area contributed by atoms with Gasteiger partial charge in [0.05, 0.1) is 24.2 Å². The number of rotatable bonds is 5. The molecule has 0 radical (unpaired) electrons. The lowest BCUT2D eigenvalue weighted by Crippen LogP contribution is -2.59. The van der Waals surface area contributed by atoms with Gasteiger partial charge in [-0.05, 0) is 31.5 Å². The molecule has 3 aromatic rings. The summed E-state index contributed by atoms with van der Waals surface area (Å²) in [5, 5.41) is 0. The molecule has 172 valence electrons. The largest absolute Gasteiger partial charge is 0.362 e. The Morgan fingerprint density at radius 3 is 2.64 bits per heavy atom. The highest BCUT2D eigenvalue weighted by Gasteiger charge is 2.46. The Hall–Kier alpha value is -2.96. The number of carbonyl (C=O) groups is 1. The molecule has 1 amide bonds. The zero-order chi connectivity index (χ0) is 22.8. The lowest BCUT2D eigenvalue weighted by atomic mass is 9.95. The molecule has 0 N–H and O–H groups in total. The topological polar surface area (TPSA) is 50.6 Å². The quantitative estimate of drug-likeness (QED) is 0.554. The number of fused-ring (bicyclic) bond motifs is 1. The number of morpholine rings is 1. The SMILES string of the molecule is CC(C)n1c(CN2CCO[C@]3(CC=CCN(Cc4ccccc4)C3=O)C2)nc2ccccc21. The van der Waals surface area contributed by atoms with Gasteiger partial charge in [0.2, 0.25) is 0 Å². The number of aromatic nitrogens is 2. The van der Waals surface area contributed by atoms with Crippen LogP contribution in [0.4, 0.5) is 0 Å². The third-order valence-corrected chi connectivity index (χ3v) is 6.65. The van der Waals surface area contributed by atoms with Gasteiger partial charge in [-0.3, -0.25) is 9.69 Å². The minimum atomic E-state index is -0.839. The van der Waals surface area contributed by atoms with Crippen LogP contribution < -0.4 is 0 Å². The zero-order valence-corrected chi connectivity index (χ0v) is 19.5. The van der Waals surface area contributed by atoms with Gasteiger partial charge in [-0.2, -0.15) is 0 Å². The maximum atomic E-state index is 13.8. The van der Waals surface area contributed by atoms with Crippen LogP contribution in [-0.4, -0.2) is 57.1 Å². The van der Waals surface area contributed by atoms with Crippen molar-refractivity contribution >= 4 is 16.9 Å². The molecule has 6 nitrogen and oxygen atoms in total. The molecule has 1 atom stereocenters. The fraction of sp³-hybridized carbons (Fsp3) is 0.407. The summed E-state index contributed by atoms with van der Waals surface area (Å²) in [6.45, 7) is 8.20. The van der Waals surface area contributed by atoms with Crippen molar-refractivity contribution in [1.82, 2.24) is 19.4 Å². The fourth-order valence-electron chi connectivity index (χ4n) is 5.10. The molecular weight excluding hydrogens is 412 g/mol. The molecule has 1 fully saturated rings. The molecule has 1 aromatic heterocycles. The van der Waals surface area contributed by atoms with Crippen LogP contribution in [0.5, 0.6) is 0 Å². The molecule has 2 aliphatic rings. The number of benzene rings is 2. The Labute approximate surface area is 195 Å². The first-order valence-corrected chi connectivity index (χ1v) is 11.9. The summed E-state index contributed by atoms with van der Waals surface area (Å²) in [5.41, 5.74) is 2.48. The van der Waals surface area contributed by atoms with Gasteiger partial charge in [-0.25, -0.2) is 4.98 Å². The van der Waals surface area contributed by atoms with E-state index in [1.54, 1.807) is 0 Å². The number of para-hydroxylation sites is 2. The Morgan fingerprint density at radius 1 is 1.03 bits per heavy atom. The fourth-order valence-corrected chi connectivity index (χ4v) is 5.10. The molecule has 6 heteroatoms. The standard InChI is InChI=1S/C27H32N4O2/c1-21(2)31-24-13-7-6-12-23(24)28-25(31)19-29-16-17-33-27(20-29)14-8-9-15-30(26(27)32)18-22-10-4-3-5-11-22/h3-13,21H,14-20H2,1-2H3/t27-/m1/s1. The Balaban J connectivity index is 1.38. The van der Waals surface area contributed by atoms with E-state index in [0.717, 1.165) is 29.0 Å². The van der Waals surface area contributed by atoms with Crippen molar-refractivity contribution in [1.29, 1.82) is 0 Å². The summed E-state index contributed by atoms with van der Waals surface area (Å²) >= 11 is 0. The van der Waals surface area contributed by atoms with Gasteiger partial charge in [-0.15, -0.1) is 0 Å². The zero-order valence-electron chi connectivity index (χ0n) is 19.5. The van der Waals surface area contributed by atoms with Crippen LogP contribution in [0, 0.1) is 0 Å². The number of amides is 1. The van der Waals surface area contributed by atoms with Crippen LogP contribution in [0.3, 0.4) is 0 Å². The second-order valence-corrected chi connectivity index (χ2v) is 9.38. The van der Waals surface area contributed by atoms with Crippen LogP contribution in [0.15, 0.2) is 66.7 Å². The molecule has 3 heterocycles. The first-order valence-electron chi connectivity index (χ1n) is 11.9. The van der Waals surface area contributed by atoms with E-state index in [4.69, 9.17) is 9.72 Å². The van der Waals surface area contributed by atoms with E-state index in [1.165, 1.54) is 0 Å². The highest BCUT2D eigenvalue weighted by molar-refractivity contribution is 5.86. The lowest BCUT2D eigenvalue weighted by molar-refractivity contribution is -0.170. The highest BCUT2D eigenvalue weighted by Crippen LogP contribution is 2.30. The number of hydrogen-bond donors (Lipinski definition) is 0. The molecule has 5 rings (SSSR count). The van der Waals surface area contributed by atoms with E-state index in [1.807, 2.05) is 29.2 Å². The van der Waals surface area contributed by atoms with Crippen LogP contribution in [0.2, 0.25) is 0 Å². The molecule has 1 spiro atoms. The molecule has 2 aromatic carbocycles. The predicted octanol–water partition coefficient (Wildman–Crippen LogP) is 4.18. The van der Waals surface area contributed by atoms with Crippen molar-refractivity contribution in [2.24, 2.45) is 0 Å². The average Bonchev–Trinajstić information content (AvgIpc) is 3.12. The maximum Gasteiger partial charge on any atom is 0.257 e. The Kier molecular flexibility index (Phi) is 6.04. The normalized spacial score (nSPS) is 21.9. The Bertz CT molecular complexity index is 1150. The van der Waals surface area contributed by atoms with E-state index in [2.05, 4.69) is 65.8 Å². The third kappa shape index (κ3) is 4.33. The van der Waals surface area contributed by atoms with Crippen LogP contribution in [-0.2, 0) is 22.6 Å². The summed E-state index contributed by atoms with van der Waals surface area (Å²) in [5.74, 6) is 1.12. The van der Waals surface area contributed by atoms with Crippen LogP contribution in [0.1, 0.15) is 37.7 Å². The molecule has 33 heavy (non-hydrogen) atoms. The minimum Gasteiger partial charge on any atom is -0.362 e. The molecule has 0 unspecified atom stereocenters. The van der Waals surface area contributed by atoms with Gasteiger partial charge in [0.15, 0.2) is 5.60 Å². The second kappa shape index (κ2) is 9.12. The van der Waals surface area contributed by atoms with Gasteiger partial charge in [0.1, 0.15) is 5.82 Å². The van der Waals surface area contributed by atoms with E-state index in [0.29, 0.717) is 45.2 Å². The summed E-state index contributed by atoms with van der Waals surface area (Å²) in [6.07, 6.45) is 4.81. The molecule has 0 saturated carbocycles. The molecular formula is C27H32N4O2. The monoisotopic (exact) mass is 444 g/mol. The van der Waals surface area contributed by atoms with E-state index >= 15 is 0 Å². The van der Waals surface area contributed by atoms with Gasteiger partial charge in [-0.1, -0.05) is 54.6 Å². The van der Waals surface area contributed by atoms with Gasteiger partial charge in [0.25, 0.3) is 5.91 Å². The highest BCUT2D eigenvalue weighted by atomic mass is 16.5. The van der Waals surface area contributed by atoms with E-state index < -0.39 is 5.60 Å². The summed E-state index contributed by atoms with van der Waals surface area (Å²) < 4.78 is 8.57. The van der Waals surface area contributed by atoms with Crippen LogP contribution in [0.25, 0.3) is 11.0 Å². The molecule has 0 aliphatic carbocycles. The van der Waals surface area contributed by atoms with Gasteiger partial charge >= 0.3 is 0 Å². The van der Waals surface area contributed by atoms with E-state index in [9.17, 15) is 4.79 Å². The Morgan fingerprint density at radius 2 is 1.82 bits per heavy atom. The first-order chi connectivity index (χ1) is 16.1. The lowest BCUT2D eigenvalue weighted by Gasteiger charge is -2.42. The summed E-state index contributed by atoms with van der Waals surface area (Å²) in [6, 6.07) is 18.8. The first kappa shape index (κ1) is 21.9. The second-order valence-electron chi connectivity index (χ2n) is 9.38. The van der Waals surface area contributed by atoms with E-state index in [-0.39, 0.29) is 5.91 Å². The summed E-state index contributed by atoms with van der Waals surface area (Å²) in [4.78, 5) is 23.0. The van der Waals surface area contributed by atoms with Gasteiger partial charge < -0.3 is 14.2 Å². The van der Waals surface area contributed by atoms with Gasteiger partial charge in [0, 0.05) is 38.6 Å². The van der Waals surface area contributed by atoms with Crippen molar-refractivity contribution in [2.45, 2.75) is 45.0 Å². The van der Waals surface area contributed by atoms with Crippen molar-refractivity contribution in [2.75, 3.05) is 26.2 Å². The number of nitrogens with zero attached hydrogens (tertiary/aromatic N) is 4. The smallest absolute Gasteiger partial charge is 0.257 e. The summed E-state index contributed by atoms with van der Waals surface area (Å²) in [7, 11) is 0.